The van der Waals surface area contributed by atoms with Crippen molar-refractivity contribution in [3.05, 3.63) is 47.4 Å². The molecule has 0 atom stereocenters. The Labute approximate surface area is 127 Å². The Kier molecular flexibility index (Phi) is 4.85. The first-order valence-corrected chi connectivity index (χ1v) is 6.60. The topological polar surface area (TPSA) is 74.4 Å². The van der Waals surface area contributed by atoms with E-state index in [1.54, 1.807) is 18.2 Å². The summed E-state index contributed by atoms with van der Waals surface area (Å²) in [5, 5.41) is 0. The van der Waals surface area contributed by atoms with Crippen LogP contribution in [-0.4, -0.2) is 31.3 Å². The van der Waals surface area contributed by atoms with Crippen LogP contribution in [0.1, 0.15) is 15.9 Å². The Bertz CT molecular complexity index is 700. The van der Waals surface area contributed by atoms with Crippen LogP contribution in [0.2, 0.25) is 0 Å². The number of Topliss-reactive ketones (excluding diaryl/α,β-unsaturated/α-hetero) is 1. The van der Waals surface area contributed by atoms with Gasteiger partial charge in [0.15, 0.2) is 0 Å². The lowest BCUT2D eigenvalue weighted by Gasteiger charge is -2.13. The molecule has 2 aromatic rings. The second-order valence-corrected chi connectivity index (χ2v) is 4.78. The molecule has 0 fully saturated rings. The van der Waals surface area contributed by atoms with Crippen LogP contribution in [0.3, 0.4) is 0 Å². The molecule has 1 aromatic carbocycles. The number of benzene rings is 1. The zero-order valence-corrected chi connectivity index (χ0v) is 12.6. The van der Waals surface area contributed by atoms with E-state index in [2.05, 4.69) is 4.98 Å². The minimum Gasteiger partial charge on any atom is -0.399 e. The SMILES string of the molecule is COC(OC)C(=O)c1ccc(-c2cc(N)ccc2C)nc1F. The number of aryl methyl sites for hydroxylation is 1. The highest BCUT2D eigenvalue weighted by Gasteiger charge is 2.23. The summed E-state index contributed by atoms with van der Waals surface area (Å²) in [4.78, 5) is 15.9. The van der Waals surface area contributed by atoms with Crippen LogP contribution >= 0.6 is 0 Å². The van der Waals surface area contributed by atoms with Crippen LogP contribution in [-0.2, 0) is 9.47 Å². The van der Waals surface area contributed by atoms with Gasteiger partial charge in [-0.3, -0.25) is 4.79 Å². The number of aromatic nitrogens is 1. The standard InChI is InChI=1S/C16H17FN2O3/c1-9-4-5-10(18)8-12(9)13-7-6-11(15(17)19-13)14(20)16(21-2)22-3/h4-8,16H,18H2,1-3H3. The predicted octanol–water partition coefficient (Wildman–Crippen LogP) is 2.58. The van der Waals surface area contributed by atoms with E-state index >= 15 is 0 Å². The lowest BCUT2D eigenvalue weighted by molar-refractivity contribution is -0.0744. The molecule has 0 aliphatic rings. The van der Waals surface area contributed by atoms with Crippen LogP contribution in [0.15, 0.2) is 30.3 Å². The lowest BCUT2D eigenvalue weighted by Crippen LogP contribution is -2.26. The first-order chi connectivity index (χ1) is 10.5. The zero-order valence-electron chi connectivity index (χ0n) is 12.6. The van der Waals surface area contributed by atoms with Crippen molar-refractivity contribution in [1.82, 2.24) is 4.98 Å². The first kappa shape index (κ1) is 16.1. The third kappa shape index (κ3) is 3.13. The monoisotopic (exact) mass is 304 g/mol. The van der Waals surface area contributed by atoms with E-state index in [4.69, 9.17) is 15.2 Å². The summed E-state index contributed by atoms with van der Waals surface area (Å²) in [5.41, 5.74) is 8.16. The molecule has 22 heavy (non-hydrogen) atoms. The highest BCUT2D eigenvalue weighted by molar-refractivity contribution is 5.98. The molecule has 0 saturated heterocycles. The van der Waals surface area contributed by atoms with E-state index in [-0.39, 0.29) is 5.56 Å². The molecule has 6 heteroatoms. The molecule has 0 unspecified atom stereocenters. The van der Waals surface area contributed by atoms with Gasteiger partial charge in [0.05, 0.1) is 11.3 Å². The maximum absolute atomic E-state index is 14.2. The number of nitrogens with two attached hydrogens (primary N) is 1. The second kappa shape index (κ2) is 6.64. The van der Waals surface area contributed by atoms with E-state index in [1.807, 2.05) is 13.0 Å². The van der Waals surface area contributed by atoms with Crippen molar-refractivity contribution in [2.75, 3.05) is 20.0 Å². The average molecular weight is 304 g/mol. The minimum absolute atomic E-state index is 0.181. The number of rotatable bonds is 5. The van der Waals surface area contributed by atoms with Crippen molar-refractivity contribution in [3.63, 3.8) is 0 Å². The van der Waals surface area contributed by atoms with Crippen molar-refractivity contribution in [1.29, 1.82) is 0 Å². The highest BCUT2D eigenvalue weighted by Crippen LogP contribution is 2.25. The van der Waals surface area contributed by atoms with Gasteiger partial charge in [0, 0.05) is 25.5 Å². The molecular weight excluding hydrogens is 287 g/mol. The smallest absolute Gasteiger partial charge is 0.224 e. The maximum atomic E-state index is 14.2. The summed E-state index contributed by atoms with van der Waals surface area (Å²) in [6.07, 6.45) is -1.16. The van der Waals surface area contributed by atoms with E-state index in [0.717, 1.165) is 5.56 Å². The summed E-state index contributed by atoms with van der Waals surface area (Å²) in [6.45, 7) is 1.87. The number of methoxy groups -OCH3 is 2. The molecule has 0 aliphatic carbocycles. The fraction of sp³-hybridized carbons (Fsp3) is 0.250. The van der Waals surface area contributed by atoms with Crippen LogP contribution in [0.5, 0.6) is 0 Å². The molecule has 0 bridgehead atoms. The Morgan fingerprint density at radius 1 is 1.23 bits per heavy atom. The molecule has 116 valence electrons. The fourth-order valence-electron chi connectivity index (χ4n) is 2.12. The molecule has 5 nitrogen and oxygen atoms in total. The van der Waals surface area contributed by atoms with Crippen molar-refractivity contribution < 1.29 is 18.7 Å². The van der Waals surface area contributed by atoms with Gasteiger partial charge in [0.25, 0.3) is 0 Å². The number of nitrogens with zero attached hydrogens (tertiary/aromatic N) is 1. The molecule has 2 rings (SSSR count). The van der Waals surface area contributed by atoms with Gasteiger partial charge in [0.2, 0.25) is 18.0 Å². The molecule has 0 saturated carbocycles. The Morgan fingerprint density at radius 3 is 2.50 bits per heavy atom. The van der Waals surface area contributed by atoms with Gasteiger partial charge in [-0.15, -0.1) is 0 Å². The lowest BCUT2D eigenvalue weighted by atomic mass is 10.0. The third-order valence-corrected chi connectivity index (χ3v) is 3.29. The number of halogens is 1. The summed E-state index contributed by atoms with van der Waals surface area (Å²) in [6, 6.07) is 8.24. The number of nitrogen functional groups attached to an aromatic ring is 1. The quantitative estimate of drug-likeness (QED) is 0.398. The zero-order chi connectivity index (χ0) is 16.3. The molecule has 0 spiro atoms. The number of carbonyl (C=O) groups excluding carboxylic acids is 1. The van der Waals surface area contributed by atoms with Gasteiger partial charge in [0.1, 0.15) is 0 Å². The largest absolute Gasteiger partial charge is 0.399 e. The predicted molar refractivity (Wildman–Crippen MR) is 80.9 cm³/mol. The molecule has 2 N–H and O–H groups in total. The molecule has 1 heterocycles. The summed E-state index contributed by atoms with van der Waals surface area (Å²) < 4.78 is 23.9. The van der Waals surface area contributed by atoms with E-state index in [9.17, 15) is 9.18 Å². The Hall–Kier alpha value is -2.31. The van der Waals surface area contributed by atoms with E-state index < -0.39 is 18.0 Å². The first-order valence-electron chi connectivity index (χ1n) is 6.60. The average Bonchev–Trinajstić information content (AvgIpc) is 2.50. The van der Waals surface area contributed by atoms with Crippen molar-refractivity contribution in [2.24, 2.45) is 0 Å². The van der Waals surface area contributed by atoms with Gasteiger partial charge in [-0.05, 0) is 36.8 Å². The number of carbonyl (C=O) groups is 1. The van der Waals surface area contributed by atoms with E-state index in [0.29, 0.717) is 16.9 Å². The maximum Gasteiger partial charge on any atom is 0.224 e. The van der Waals surface area contributed by atoms with Crippen LogP contribution in [0.25, 0.3) is 11.3 Å². The Morgan fingerprint density at radius 2 is 1.91 bits per heavy atom. The van der Waals surface area contributed by atoms with Gasteiger partial charge in [-0.25, -0.2) is 4.98 Å². The van der Waals surface area contributed by atoms with Crippen LogP contribution < -0.4 is 5.73 Å². The highest BCUT2D eigenvalue weighted by atomic mass is 19.1. The van der Waals surface area contributed by atoms with E-state index in [1.165, 1.54) is 20.3 Å². The number of hydrogen-bond acceptors (Lipinski definition) is 5. The summed E-state index contributed by atoms with van der Waals surface area (Å²) in [5.74, 6) is -1.49. The third-order valence-electron chi connectivity index (χ3n) is 3.29. The number of ether oxygens (including phenoxy) is 2. The van der Waals surface area contributed by atoms with Crippen molar-refractivity contribution >= 4 is 11.5 Å². The molecule has 1 aromatic heterocycles. The molecule has 0 radical (unpaired) electrons. The Balaban J connectivity index is 2.42. The van der Waals surface area contributed by atoms with Crippen molar-refractivity contribution in [3.8, 4) is 11.3 Å². The number of ketones is 1. The number of hydrogen-bond donors (Lipinski definition) is 1. The molecular formula is C16H17FN2O3. The van der Waals surface area contributed by atoms with Gasteiger partial charge >= 0.3 is 0 Å². The molecule has 0 amide bonds. The number of pyridine rings is 1. The van der Waals surface area contributed by atoms with Crippen LogP contribution in [0.4, 0.5) is 10.1 Å². The van der Waals surface area contributed by atoms with Gasteiger partial charge < -0.3 is 15.2 Å². The van der Waals surface area contributed by atoms with Gasteiger partial charge in [-0.2, -0.15) is 4.39 Å². The molecule has 0 aliphatic heterocycles. The van der Waals surface area contributed by atoms with Crippen LogP contribution in [0, 0.1) is 12.9 Å². The fourth-order valence-corrected chi connectivity index (χ4v) is 2.12. The van der Waals surface area contributed by atoms with Gasteiger partial charge in [-0.1, -0.05) is 6.07 Å². The summed E-state index contributed by atoms with van der Waals surface area (Å²) in [7, 11) is 2.61. The number of anilines is 1. The summed E-state index contributed by atoms with van der Waals surface area (Å²) >= 11 is 0. The minimum atomic E-state index is -1.16. The van der Waals surface area contributed by atoms with Crippen molar-refractivity contribution in [2.45, 2.75) is 13.2 Å². The second-order valence-electron chi connectivity index (χ2n) is 4.78. The normalized spacial score (nSPS) is 11.0.